The number of alkyl halides is 1. The predicted octanol–water partition coefficient (Wildman–Crippen LogP) is -2.22. The third-order valence-corrected chi connectivity index (χ3v) is 4.02. The Morgan fingerprint density at radius 2 is 2.00 bits per heavy atom. The summed E-state index contributed by atoms with van der Waals surface area (Å²) in [6.45, 7) is 2.82. The molecule has 0 aromatic carbocycles. The summed E-state index contributed by atoms with van der Waals surface area (Å²) in [7, 11) is 0. The molecule has 1 aliphatic rings. The van der Waals surface area contributed by atoms with Gasteiger partial charge in [-0.05, 0) is 6.92 Å². The number of piperazine rings is 1. The van der Waals surface area contributed by atoms with E-state index in [1.165, 1.54) is 0 Å². The van der Waals surface area contributed by atoms with Crippen molar-refractivity contribution in [2.75, 3.05) is 25.5 Å². The van der Waals surface area contributed by atoms with Crippen LogP contribution in [0.4, 0.5) is 4.79 Å². The van der Waals surface area contributed by atoms with Crippen molar-refractivity contribution in [2.45, 2.75) is 37.9 Å². The number of aliphatic hydroxyl groups excluding tert-OH is 2. The number of nitrogens with two attached hydrogens (primary N) is 2. The number of carbonyl (C=O) groups excluding carboxylic acids is 2. The molecule has 22 heavy (non-hydrogen) atoms. The predicted molar refractivity (Wildman–Crippen MR) is 80.8 cm³/mol. The van der Waals surface area contributed by atoms with Crippen LogP contribution < -0.4 is 16.8 Å². The van der Waals surface area contributed by atoms with E-state index < -0.39 is 36.5 Å². The molecule has 1 rings (SSSR count). The molecule has 3 amide bonds. The number of nitrogens with zero attached hydrogens (tertiary/aromatic N) is 2. The van der Waals surface area contributed by atoms with Crippen LogP contribution in [0.5, 0.6) is 0 Å². The van der Waals surface area contributed by atoms with E-state index in [2.05, 4.69) is 5.32 Å². The molecule has 0 saturated carbocycles. The van der Waals surface area contributed by atoms with E-state index in [0.717, 1.165) is 0 Å². The second kappa shape index (κ2) is 8.49. The number of hydrogen-bond acceptors (Lipinski definition) is 6. The quantitative estimate of drug-likeness (QED) is 0.333. The van der Waals surface area contributed by atoms with E-state index in [4.69, 9.17) is 23.1 Å². The number of amides is 3. The highest BCUT2D eigenvalue weighted by Crippen LogP contribution is 2.19. The number of nitrogens with one attached hydrogen (secondary N) is 1. The number of urea groups is 1. The fraction of sp³-hybridized carbons (Fsp3) is 0.833. The summed E-state index contributed by atoms with van der Waals surface area (Å²) in [5, 5.41) is 22.3. The molecule has 1 aliphatic heterocycles. The maximum atomic E-state index is 11.2. The number of carbonyl (C=O) groups is 2. The SMILES string of the molecule is CC(O)N1CCN(C(O)CCl)CC1C(CC(N)=O)NC(N)=O. The molecule has 0 radical (unpaired) electrons. The van der Waals surface area contributed by atoms with Crippen molar-refractivity contribution in [1.29, 1.82) is 0 Å². The first-order chi connectivity index (χ1) is 10.3. The van der Waals surface area contributed by atoms with E-state index in [-0.39, 0.29) is 12.3 Å². The van der Waals surface area contributed by atoms with Gasteiger partial charge >= 0.3 is 6.03 Å². The van der Waals surface area contributed by atoms with Crippen LogP contribution >= 0.6 is 11.6 Å². The molecule has 0 aromatic heterocycles. The topological polar surface area (TPSA) is 145 Å². The van der Waals surface area contributed by atoms with Gasteiger partial charge in [-0.3, -0.25) is 14.6 Å². The highest BCUT2D eigenvalue weighted by molar-refractivity contribution is 6.18. The van der Waals surface area contributed by atoms with Crippen LogP contribution in [-0.4, -0.2) is 82.0 Å². The molecule has 1 heterocycles. The molecule has 1 saturated heterocycles. The van der Waals surface area contributed by atoms with E-state index in [1.54, 1.807) is 16.7 Å². The molecule has 0 aliphatic carbocycles. The summed E-state index contributed by atoms with van der Waals surface area (Å²) in [6, 6.07) is -1.90. The lowest BCUT2D eigenvalue weighted by atomic mass is 9.99. The molecule has 4 atom stereocenters. The van der Waals surface area contributed by atoms with Crippen molar-refractivity contribution >= 4 is 23.5 Å². The maximum Gasteiger partial charge on any atom is 0.312 e. The highest BCUT2D eigenvalue weighted by atomic mass is 35.5. The lowest BCUT2D eigenvalue weighted by molar-refractivity contribution is -0.121. The van der Waals surface area contributed by atoms with Crippen molar-refractivity contribution in [3.63, 3.8) is 0 Å². The number of halogens is 1. The fourth-order valence-corrected chi connectivity index (χ4v) is 2.91. The molecule has 10 heteroatoms. The molecule has 0 spiro atoms. The molecule has 1 fully saturated rings. The Labute approximate surface area is 134 Å². The molecule has 128 valence electrons. The molecular formula is C12H24ClN5O4. The maximum absolute atomic E-state index is 11.2. The standard InChI is InChI=1S/C12H24ClN5O4/c1-7(19)18-3-2-17(11(21)5-13)6-9(18)8(4-10(14)20)16-12(15)22/h7-9,11,19,21H,2-6H2,1H3,(H2,14,20)(H3,15,16,22). The summed E-state index contributed by atoms with van der Waals surface area (Å²) >= 11 is 5.66. The van der Waals surface area contributed by atoms with E-state index >= 15 is 0 Å². The lowest BCUT2D eigenvalue weighted by Gasteiger charge is -2.46. The summed E-state index contributed by atoms with van der Waals surface area (Å²) in [4.78, 5) is 25.9. The Kier molecular flexibility index (Phi) is 7.30. The smallest absolute Gasteiger partial charge is 0.312 e. The molecule has 0 bridgehead atoms. The molecule has 4 unspecified atom stereocenters. The van der Waals surface area contributed by atoms with Crippen LogP contribution in [0.25, 0.3) is 0 Å². The number of aliphatic hydroxyl groups is 2. The van der Waals surface area contributed by atoms with Gasteiger partial charge in [0.15, 0.2) is 0 Å². The Morgan fingerprint density at radius 1 is 1.36 bits per heavy atom. The van der Waals surface area contributed by atoms with Crippen LogP contribution in [0, 0.1) is 0 Å². The van der Waals surface area contributed by atoms with E-state index in [1.807, 2.05) is 0 Å². The fourth-order valence-electron chi connectivity index (χ4n) is 2.72. The van der Waals surface area contributed by atoms with Gasteiger partial charge in [0, 0.05) is 32.1 Å². The normalized spacial score (nSPS) is 24.5. The Morgan fingerprint density at radius 3 is 2.45 bits per heavy atom. The van der Waals surface area contributed by atoms with E-state index in [0.29, 0.717) is 19.6 Å². The monoisotopic (exact) mass is 337 g/mol. The van der Waals surface area contributed by atoms with Crippen LogP contribution in [0.15, 0.2) is 0 Å². The lowest BCUT2D eigenvalue weighted by Crippen LogP contribution is -2.65. The van der Waals surface area contributed by atoms with Crippen molar-refractivity contribution in [1.82, 2.24) is 15.1 Å². The van der Waals surface area contributed by atoms with Crippen molar-refractivity contribution in [2.24, 2.45) is 11.5 Å². The zero-order valence-corrected chi connectivity index (χ0v) is 13.2. The summed E-state index contributed by atoms with van der Waals surface area (Å²) in [6.07, 6.45) is -1.75. The number of primary amides is 2. The Bertz CT molecular complexity index is 382. The summed E-state index contributed by atoms with van der Waals surface area (Å²) in [5.74, 6) is -0.565. The summed E-state index contributed by atoms with van der Waals surface area (Å²) < 4.78 is 0. The minimum Gasteiger partial charge on any atom is -0.379 e. The average molecular weight is 338 g/mol. The first kappa shape index (κ1) is 18.9. The van der Waals surface area contributed by atoms with Crippen LogP contribution in [-0.2, 0) is 4.79 Å². The Balaban J connectivity index is 2.95. The Hall–Kier alpha value is -1.13. The van der Waals surface area contributed by atoms with Crippen molar-refractivity contribution in [3.05, 3.63) is 0 Å². The van der Waals surface area contributed by atoms with Crippen LogP contribution in [0.2, 0.25) is 0 Å². The highest BCUT2D eigenvalue weighted by Gasteiger charge is 2.37. The molecule has 9 nitrogen and oxygen atoms in total. The zero-order valence-electron chi connectivity index (χ0n) is 12.5. The third kappa shape index (κ3) is 5.25. The zero-order chi connectivity index (χ0) is 16.9. The van der Waals surface area contributed by atoms with Gasteiger partial charge in [0.05, 0.1) is 11.9 Å². The van der Waals surface area contributed by atoms with E-state index in [9.17, 15) is 19.8 Å². The van der Waals surface area contributed by atoms with Gasteiger partial charge in [-0.2, -0.15) is 0 Å². The average Bonchev–Trinajstić information content (AvgIpc) is 2.44. The molecule has 7 N–H and O–H groups in total. The van der Waals surface area contributed by atoms with Crippen LogP contribution in [0.1, 0.15) is 13.3 Å². The first-order valence-electron chi connectivity index (χ1n) is 7.02. The summed E-state index contributed by atoms with van der Waals surface area (Å²) in [5.41, 5.74) is 10.4. The second-order valence-corrected chi connectivity index (χ2v) is 5.66. The molecule has 0 aromatic rings. The van der Waals surface area contributed by atoms with Gasteiger partial charge < -0.3 is 27.0 Å². The number of rotatable bonds is 7. The number of hydrogen-bond donors (Lipinski definition) is 5. The third-order valence-electron chi connectivity index (χ3n) is 3.75. The van der Waals surface area contributed by atoms with Gasteiger partial charge in [0.2, 0.25) is 5.91 Å². The second-order valence-electron chi connectivity index (χ2n) is 5.35. The van der Waals surface area contributed by atoms with Gasteiger partial charge in [0.25, 0.3) is 0 Å². The minimum absolute atomic E-state index is 0.0329. The van der Waals surface area contributed by atoms with Gasteiger partial charge in [0.1, 0.15) is 12.5 Å². The minimum atomic E-state index is -0.844. The largest absolute Gasteiger partial charge is 0.379 e. The van der Waals surface area contributed by atoms with Crippen molar-refractivity contribution in [3.8, 4) is 0 Å². The molecular weight excluding hydrogens is 314 g/mol. The van der Waals surface area contributed by atoms with Crippen molar-refractivity contribution < 1.29 is 19.8 Å². The van der Waals surface area contributed by atoms with Gasteiger partial charge in [-0.15, -0.1) is 11.6 Å². The van der Waals surface area contributed by atoms with Gasteiger partial charge in [-0.25, -0.2) is 4.79 Å². The van der Waals surface area contributed by atoms with Gasteiger partial charge in [-0.1, -0.05) is 0 Å². The first-order valence-corrected chi connectivity index (χ1v) is 7.55. The van der Waals surface area contributed by atoms with Crippen LogP contribution in [0.3, 0.4) is 0 Å².